The molecule has 1 N–H and O–H groups in total. The smallest absolute Gasteiger partial charge is 0.293 e. The highest BCUT2D eigenvalue weighted by Gasteiger charge is 2.34. The van der Waals surface area contributed by atoms with E-state index < -0.39 is 27.1 Å². The lowest BCUT2D eigenvalue weighted by molar-refractivity contribution is -0.122. The number of imide groups is 1. The van der Waals surface area contributed by atoms with Crippen molar-refractivity contribution in [3.63, 3.8) is 0 Å². The van der Waals surface area contributed by atoms with Crippen LogP contribution in [-0.2, 0) is 14.8 Å². The molecule has 0 atom stereocenters. The largest absolute Gasteiger partial charge is 0.350 e. The van der Waals surface area contributed by atoms with E-state index in [0.29, 0.717) is 4.91 Å². The maximum atomic E-state index is 12.5. The highest BCUT2D eigenvalue weighted by atomic mass is 35.5. The number of nitrogens with zero attached hydrogens (tertiary/aromatic N) is 2. The average molecular weight is 494 g/mol. The summed E-state index contributed by atoms with van der Waals surface area (Å²) < 4.78 is 25.6. The van der Waals surface area contributed by atoms with Gasteiger partial charge in [0.2, 0.25) is 10.0 Å². The lowest BCUT2D eigenvalue weighted by atomic mass is 10.2. The van der Waals surface area contributed by atoms with Gasteiger partial charge in [-0.25, -0.2) is 12.7 Å². The molecule has 1 saturated heterocycles. The van der Waals surface area contributed by atoms with Gasteiger partial charge in [0.25, 0.3) is 17.1 Å². The quantitative estimate of drug-likeness (QED) is 0.594. The predicted octanol–water partition coefficient (Wildman–Crippen LogP) is 3.06. The Kier molecular flexibility index (Phi) is 7.40. The van der Waals surface area contributed by atoms with Crippen LogP contribution in [0.5, 0.6) is 0 Å². The van der Waals surface area contributed by atoms with E-state index in [4.69, 9.17) is 11.6 Å². The molecule has 2 aromatic carbocycles. The van der Waals surface area contributed by atoms with Crippen molar-refractivity contribution in [2.45, 2.75) is 4.90 Å². The molecule has 1 aliphatic heterocycles. The van der Waals surface area contributed by atoms with Gasteiger partial charge in [-0.1, -0.05) is 41.9 Å². The number of hydrogen-bond donors (Lipinski definition) is 1. The van der Waals surface area contributed by atoms with Crippen molar-refractivity contribution >= 4 is 56.5 Å². The van der Waals surface area contributed by atoms with Crippen molar-refractivity contribution in [2.75, 3.05) is 27.2 Å². The van der Waals surface area contributed by atoms with Crippen LogP contribution in [-0.4, -0.2) is 61.9 Å². The Bertz CT molecular complexity index is 1200. The molecule has 0 bridgehead atoms. The van der Waals surface area contributed by atoms with Crippen LogP contribution in [0.3, 0.4) is 0 Å². The van der Waals surface area contributed by atoms with Crippen molar-refractivity contribution in [1.82, 2.24) is 14.5 Å². The first kappa shape index (κ1) is 24.0. The summed E-state index contributed by atoms with van der Waals surface area (Å²) in [6.07, 6.45) is 1.64. The number of carbonyl (C=O) groups is 3. The lowest BCUT2D eigenvalue weighted by Gasteiger charge is -2.15. The minimum Gasteiger partial charge on any atom is -0.350 e. The second-order valence-electron chi connectivity index (χ2n) is 6.93. The van der Waals surface area contributed by atoms with Gasteiger partial charge in [-0.3, -0.25) is 19.3 Å². The molecule has 168 valence electrons. The van der Waals surface area contributed by atoms with Gasteiger partial charge in [-0.15, -0.1) is 0 Å². The topological polar surface area (TPSA) is 104 Å². The monoisotopic (exact) mass is 493 g/mol. The molecule has 0 saturated carbocycles. The molecule has 0 unspecified atom stereocenters. The van der Waals surface area contributed by atoms with Crippen LogP contribution in [0.25, 0.3) is 6.08 Å². The standard InChI is InChI=1S/C21H20ClN3O5S2/c1-24(2)32(29,30)15-8-9-17(22)16(13-15)19(26)23-10-11-25-20(27)18(31-21(25)28)12-14-6-4-3-5-7-14/h3-9,12-13H,10-11H2,1-2H3,(H,23,26). The van der Waals surface area contributed by atoms with Gasteiger partial charge in [-0.05, 0) is 41.6 Å². The Morgan fingerprint density at radius 3 is 2.50 bits per heavy atom. The summed E-state index contributed by atoms with van der Waals surface area (Å²) in [5, 5.41) is 2.23. The van der Waals surface area contributed by atoms with Gasteiger partial charge < -0.3 is 5.32 Å². The second kappa shape index (κ2) is 9.86. The molecular weight excluding hydrogens is 474 g/mol. The van der Waals surface area contributed by atoms with Crippen LogP contribution in [0.4, 0.5) is 4.79 Å². The minimum atomic E-state index is -3.74. The van der Waals surface area contributed by atoms with Gasteiger partial charge in [0.05, 0.1) is 20.4 Å². The van der Waals surface area contributed by atoms with E-state index in [2.05, 4.69) is 5.32 Å². The summed E-state index contributed by atoms with van der Waals surface area (Å²) in [5.41, 5.74) is 0.779. The molecule has 32 heavy (non-hydrogen) atoms. The number of halogens is 1. The molecule has 3 rings (SSSR count). The van der Waals surface area contributed by atoms with Crippen LogP contribution < -0.4 is 5.32 Å². The zero-order valence-electron chi connectivity index (χ0n) is 17.2. The third-order valence-electron chi connectivity index (χ3n) is 4.55. The Labute approximate surface area is 195 Å². The molecule has 8 nitrogen and oxygen atoms in total. The predicted molar refractivity (Wildman–Crippen MR) is 124 cm³/mol. The van der Waals surface area contributed by atoms with E-state index in [1.165, 1.54) is 32.3 Å². The van der Waals surface area contributed by atoms with Gasteiger partial charge in [-0.2, -0.15) is 0 Å². The van der Waals surface area contributed by atoms with Crippen LogP contribution in [0.15, 0.2) is 58.3 Å². The van der Waals surface area contributed by atoms with Crippen molar-refractivity contribution in [3.8, 4) is 0 Å². The highest BCUT2D eigenvalue weighted by molar-refractivity contribution is 8.18. The molecule has 0 radical (unpaired) electrons. The molecule has 0 aliphatic carbocycles. The zero-order chi connectivity index (χ0) is 23.5. The lowest BCUT2D eigenvalue weighted by Crippen LogP contribution is -2.37. The maximum absolute atomic E-state index is 12.5. The fraction of sp³-hybridized carbons (Fsp3) is 0.190. The number of hydrogen-bond acceptors (Lipinski definition) is 6. The summed E-state index contributed by atoms with van der Waals surface area (Å²) in [6, 6.07) is 13.0. The first-order valence-corrected chi connectivity index (χ1v) is 12.1. The van der Waals surface area contributed by atoms with Crippen molar-refractivity contribution in [1.29, 1.82) is 0 Å². The first-order valence-electron chi connectivity index (χ1n) is 9.42. The van der Waals surface area contributed by atoms with E-state index in [-0.39, 0.29) is 28.6 Å². The molecule has 2 aromatic rings. The third-order valence-corrected chi connectivity index (χ3v) is 7.60. The number of benzene rings is 2. The Hall–Kier alpha value is -2.66. The minimum absolute atomic E-state index is 0.0174. The number of carbonyl (C=O) groups excluding carboxylic acids is 3. The third kappa shape index (κ3) is 5.21. The molecule has 1 heterocycles. The van der Waals surface area contributed by atoms with Crippen molar-refractivity contribution in [3.05, 3.63) is 69.6 Å². The van der Waals surface area contributed by atoms with Gasteiger partial charge in [0.15, 0.2) is 0 Å². The van der Waals surface area contributed by atoms with E-state index >= 15 is 0 Å². The van der Waals surface area contributed by atoms with E-state index in [1.807, 2.05) is 30.3 Å². The van der Waals surface area contributed by atoms with Gasteiger partial charge in [0, 0.05) is 27.2 Å². The molecule has 0 aromatic heterocycles. The number of rotatable bonds is 7. The summed E-state index contributed by atoms with van der Waals surface area (Å²) in [5.74, 6) is -1.05. The van der Waals surface area contributed by atoms with Gasteiger partial charge >= 0.3 is 0 Å². The molecular formula is C21H20ClN3O5S2. The number of thioether (sulfide) groups is 1. The summed E-state index contributed by atoms with van der Waals surface area (Å²) in [4.78, 5) is 38.6. The zero-order valence-corrected chi connectivity index (χ0v) is 19.6. The van der Waals surface area contributed by atoms with E-state index in [1.54, 1.807) is 6.08 Å². The van der Waals surface area contributed by atoms with Gasteiger partial charge in [0.1, 0.15) is 0 Å². The number of nitrogens with one attached hydrogen (secondary N) is 1. The van der Waals surface area contributed by atoms with E-state index in [0.717, 1.165) is 26.5 Å². The highest BCUT2D eigenvalue weighted by Crippen LogP contribution is 2.31. The Balaban J connectivity index is 1.66. The summed E-state index contributed by atoms with van der Waals surface area (Å²) in [7, 11) is -0.979. The SMILES string of the molecule is CN(C)S(=O)(=O)c1ccc(Cl)c(C(=O)NCCN2C(=O)SC(=Cc3ccccc3)C2=O)c1. The molecule has 1 aliphatic rings. The van der Waals surface area contributed by atoms with Crippen LogP contribution in [0.1, 0.15) is 15.9 Å². The second-order valence-corrected chi connectivity index (χ2v) is 10.5. The van der Waals surface area contributed by atoms with Crippen molar-refractivity contribution < 1.29 is 22.8 Å². The Morgan fingerprint density at radius 2 is 1.84 bits per heavy atom. The van der Waals surface area contributed by atoms with Crippen molar-refractivity contribution in [2.24, 2.45) is 0 Å². The van der Waals surface area contributed by atoms with Crippen LogP contribution >= 0.6 is 23.4 Å². The van der Waals surface area contributed by atoms with Crippen LogP contribution in [0.2, 0.25) is 5.02 Å². The fourth-order valence-corrected chi connectivity index (χ4v) is 4.82. The molecule has 11 heteroatoms. The van der Waals surface area contributed by atoms with E-state index in [9.17, 15) is 22.8 Å². The molecule has 3 amide bonds. The molecule has 1 fully saturated rings. The Morgan fingerprint density at radius 1 is 1.16 bits per heavy atom. The fourth-order valence-electron chi connectivity index (χ4n) is 2.82. The van der Waals surface area contributed by atoms with Crippen LogP contribution in [0, 0.1) is 0 Å². The first-order chi connectivity index (χ1) is 15.1. The number of sulfonamides is 1. The number of amides is 3. The summed E-state index contributed by atoms with van der Waals surface area (Å²) >= 11 is 6.91. The average Bonchev–Trinajstić information content (AvgIpc) is 3.01. The molecule has 0 spiro atoms. The summed E-state index contributed by atoms with van der Waals surface area (Å²) in [6.45, 7) is -0.0493. The normalized spacial score (nSPS) is 15.6. The maximum Gasteiger partial charge on any atom is 0.293 e.